The number of aromatic nitrogens is 1. The van der Waals surface area contributed by atoms with Crippen LogP contribution in [0.25, 0.3) is 11.5 Å². The summed E-state index contributed by atoms with van der Waals surface area (Å²) < 4.78 is 5.21. The van der Waals surface area contributed by atoms with E-state index in [2.05, 4.69) is 15.6 Å². The van der Waals surface area contributed by atoms with Gasteiger partial charge in [0.15, 0.2) is 10.9 Å². The molecule has 2 heterocycles. The van der Waals surface area contributed by atoms with E-state index in [-0.39, 0.29) is 0 Å². The number of hydrogen-bond donors (Lipinski definition) is 2. The Kier molecular flexibility index (Phi) is 5.07. The lowest BCUT2D eigenvalue weighted by atomic mass is 10.4. The van der Waals surface area contributed by atoms with E-state index in [0.29, 0.717) is 29.7 Å². The molecule has 8 heteroatoms. The molecule has 2 aromatic rings. The van der Waals surface area contributed by atoms with Crippen LogP contribution < -0.4 is 10.6 Å². The lowest BCUT2D eigenvalue weighted by molar-refractivity contribution is -0.136. The van der Waals surface area contributed by atoms with Crippen LogP contribution in [0.15, 0.2) is 28.2 Å². The van der Waals surface area contributed by atoms with Gasteiger partial charge in [-0.25, -0.2) is 4.98 Å². The van der Waals surface area contributed by atoms with Gasteiger partial charge in [-0.2, -0.15) is 0 Å². The topological polar surface area (TPSA) is 87.5 Å². The third-order valence-electron chi connectivity index (χ3n) is 2.55. The van der Waals surface area contributed by atoms with Gasteiger partial charge in [0.1, 0.15) is 5.69 Å². The van der Waals surface area contributed by atoms with Crippen molar-refractivity contribution in [3.8, 4) is 11.5 Å². The number of carbonyl (C=O) groups is 2. The summed E-state index contributed by atoms with van der Waals surface area (Å²) >= 11 is 1.23. The van der Waals surface area contributed by atoms with Crippen LogP contribution >= 0.6 is 11.3 Å². The van der Waals surface area contributed by atoms with E-state index in [1.165, 1.54) is 11.3 Å². The van der Waals surface area contributed by atoms with E-state index in [1.807, 2.05) is 19.0 Å². The molecular formula is C13H16N4O3S. The molecular weight excluding hydrogens is 292 g/mol. The molecule has 7 nitrogen and oxygen atoms in total. The Labute approximate surface area is 126 Å². The minimum absolute atomic E-state index is 0.356. The van der Waals surface area contributed by atoms with Gasteiger partial charge < -0.3 is 14.6 Å². The maximum absolute atomic E-state index is 11.7. The van der Waals surface area contributed by atoms with Crippen LogP contribution in [-0.4, -0.2) is 48.9 Å². The molecule has 0 aliphatic carbocycles. The molecule has 2 amide bonds. The number of carbonyl (C=O) groups excluding carboxylic acids is 2. The second-order valence-electron chi connectivity index (χ2n) is 4.53. The van der Waals surface area contributed by atoms with E-state index in [9.17, 15) is 9.59 Å². The zero-order chi connectivity index (χ0) is 15.2. The first kappa shape index (κ1) is 15.2. The van der Waals surface area contributed by atoms with E-state index in [4.69, 9.17) is 4.42 Å². The van der Waals surface area contributed by atoms with Gasteiger partial charge in [-0.05, 0) is 26.2 Å². The van der Waals surface area contributed by atoms with Gasteiger partial charge >= 0.3 is 11.8 Å². The van der Waals surface area contributed by atoms with Crippen LogP contribution in [0.4, 0.5) is 5.13 Å². The second kappa shape index (κ2) is 7.00. The van der Waals surface area contributed by atoms with Crippen molar-refractivity contribution in [3.63, 3.8) is 0 Å². The molecule has 0 aliphatic heterocycles. The fourth-order valence-electron chi connectivity index (χ4n) is 1.50. The number of amides is 2. The highest BCUT2D eigenvalue weighted by Crippen LogP contribution is 2.24. The predicted octanol–water partition coefficient (Wildman–Crippen LogP) is 1.02. The minimum Gasteiger partial charge on any atom is -0.463 e. The normalized spacial score (nSPS) is 10.6. The zero-order valence-electron chi connectivity index (χ0n) is 11.8. The smallest absolute Gasteiger partial charge is 0.315 e. The Hall–Kier alpha value is -2.19. The molecule has 0 radical (unpaired) electrons. The predicted molar refractivity (Wildman–Crippen MR) is 80.0 cm³/mol. The Morgan fingerprint density at radius 3 is 2.86 bits per heavy atom. The summed E-state index contributed by atoms with van der Waals surface area (Å²) in [4.78, 5) is 29.4. The highest BCUT2D eigenvalue weighted by Gasteiger charge is 2.15. The number of thiazole rings is 1. The summed E-state index contributed by atoms with van der Waals surface area (Å²) in [6.07, 6.45) is 1.55. The molecule has 0 aromatic carbocycles. The van der Waals surface area contributed by atoms with Crippen molar-refractivity contribution in [3.05, 3.63) is 23.8 Å². The maximum atomic E-state index is 11.7. The number of rotatable bonds is 5. The molecule has 0 fully saturated rings. The third kappa shape index (κ3) is 4.40. The monoisotopic (exact) mass is 308 g/mol. The number of hydrogen-bond acceptors (Lipinski definition) is 6. The molecule has 0 saturated carbocycles. The average molecular weight is 308 g/mol. The van der Waals surface area contributed by atoms with Gasteiger partial charge in [0.2, 0.25) is 0 Å². The van der Waals surface area contributed by atoms with Crippen molar-refractivity contribution >= 4 is 28.3 Å². The van der Waals surface area contributed by atoms with Crippen molar-refractivity contribution in [1.82, 2.24) is 15.2 Å². The molecule has 2 N–H and O–H groups in total. The number of nitrogens with one attached hydrogen (secondary N) is 2. The van der Waals surface area contributed by atoms with Crippen LogP contribution in [0.2, 0.25) is 0 Å². The van der Waals surface area contributed by atoms with Crippen LogP contribution in [0.5, 0.6) is 0 Å². The van der Waals surface area contributed by atoms with Crippen molar-refractivity contribution in [2.45, 2.75) is 0 Å². The summed E-state index contributed by atoms with van der Waals surface area (Å²) in [6.45, 7) is 1.08. The molecule has 0 atom stereocenters. The quantitative estimate of drug-likeness (QED) is 0.805. The summed E-state index contributed by atoms with van der Waals surface area (Å²) in [6, 6.07) is 3.53. The van der Waals surface area contributed by atoms with Crippen LogP contribution in [0.3, 0.4) is 0 Å². The first-order valence-electron chi connectivity index (χ1n) is 6.29. The van der Waals surface area contributed by atoms with Crippen molar-refractivity contribution in [1.29, 1.82) is 0 Å². The molecule has 112 valence electrons. The maximum Gasteiger partial charge on any atom is 0.315 e. The summed E-state index contributed by atoms with van der Waals surface area (Å²) in [5, 5.41) is 7.10. The highest BCUT2D eigenvalue weighted by molar-refractivity contribution is 7.14. The number of likely N-dealkylation sites (N-methyl/N-ethyl adjacent to an activating group) is 1. The molecule has 21 heavy (non-hydrogen) atoms. The minimum atomic E-state index is -0.728. The van der Waals surface area contributed by atoms with Gasteiger partial charge in [-0.15, -0.1) is 11.3 Å². The lowest BCUT2D eigenvalue weighted by Gasteiger charge is -2.09. The molecule has 2 aromatic heterocycles. The lowest BCUT2D eigenvalue weighted by Crippen LogP contribution is -2.38. The standard InChI is InChI=1S/C13H16N4O3S/c1-17(2)6-5-14-11(18)12(19)16-13-15-9(8-21-13)10-4-3-7-20-10/h3-4,7-8H,5-6H2,1-2H3,(H,14,18)(H,15,16,19). The first-order valence-corrected chi connectivity index (χ1v) is 7.17. The summed E-state index contributed by atoms with van der Waals surface area (Å²) in [7, 11) is 3.77. The average Bonchev–Trinajstić information content (AvgIpc) is 3.07. The Morgan fingerprint density at radius 1 is 1.38 bits per heavy atom. The number of furan rings is 1. The second-order valence-corrected chi connectivity index (χ2v) is 5.39. The summed E-state index contributed by atoms with van der Waals surface area (Å²) in [5.74, 6) is -0.789. The third-order valence-corrected chi connectivity index (χ3v) is 3.31. The Bertz CT molecular complexity index is 607. The van der Waals surface area contributed by atoms with Crippen LogP contribution in [-0.2, 0) is 9.59 Å². The van der Waals surface area contributed by atoms with Crippen LogP contribution in [0.1, 0.15) is 0 Å². The zero-order valence-corrected chi connectivity index (χ0v) is 12.6. The number of anilines is 1. The summed E-state index contributed by atoms with van der Waals surface area (Å²) in [5.41, 5.74) is 0.619. The van der Waals surface area contributed by atoms with E-state index >= 15 is 0 Å². The number of nitrogens with zero attached hydrogens (tertiary/aromatic N) is 2. The van der Waals surface area contributed by atoms with E-state index < -0.39 is 11.8 Å². The van der Waals surface area contributed by atoms with Gasteiger partial charge in [0, 0.05) is 18.5 Å². The van der Waals surface area contributed by atoms with Gasteiger partial charge in [-0.1, -0.05) is 0 Å². The highest BCUT2D eigenvalue weighted by atomic mass is 32.1. The molecule has 0 unspecified atom stereocenters. The van der Waals surface area contributed by atoms with E-state index in [1.54, 1.807) is 23.8 Å². The van der Waals surface area contributed by atoms with Gasteiger partial charge in [0.05, 0.1) is 6.26 Å². The Morgan fingerprint density at radius 2 is 2.19 bits per heavy atom. The Balaban J connectivity index is 1.86. The van der Waals surface area contributed by atoms with Crippen molar-refractivity contribution in [2.24, 2.45) is 0 Å². The van der Waals surface area contributed by atoms with Gasteiger partial charge in [-0.3, -0.25) is 14.9 Å². The van der Waals surface area contributed by atoms with Crippen LogP contribution in [0, 0.1) is 0 Å². The molecule has 0 saturated heterocycles. The largest absolute Gasteiger partial charge is 0.463 e. The van der Waals surface area contributed by atoms with Crippen molar-refractivity contribution < 1.29 is 14.0 Å². The molecule has 2 rings (SSSR count). The fraction of sp³-hybridized carbons (Fsp3) is 0.308. The first-order chi connectivity index (χ1) is 10.1. The SMILES string of the molecule is CN(C)CCNC(=O)C(=O)Nc1nc(-c2ccco2)cs1. The van der Waals surface area contributed by atoms with Crippen molar-refractivity contribution in [2.75, 3.05) is 32.5 Å². The fourth-order valence-corrected chi connectivity index (χ4v) is 2.19. The van der Waals surface area contributed by atoms with E-state index in [0.717, 1.165) is 0 Å². The molecule has 0 aliphatic rings. The van der Waals surface area contributed by atoms with Gasteiger partial charge in [0.25, 0.3) is 0 Å². The molecule has 0 spiro atoms. The molecule has 0 bridgehead atoms.